The molecule has 0 bridgehead atoms. The SMILES string of the molecule is CCS(=O)(=O)CCNOCC(C)C. The van der Waals surface area contributed by atoms with Crippen LogP contribution in [0.4, 0.5) is 0 Å². The van der Waals surface area contributed by atoms with Gasteiger partial charge in [-0.3, -0.25) is 0 Å². The molecule has 0 spiro atoms. The first-order valence-electron chi connectivity index (χ1n) is 4.53. The molecule has 0 aromatic carbocycles. The molecule has 0 atom stereocenters. The van der Waals surface area contributed by atoms with Crippen molar-refractivity contribution in [1.29, 1.82) is 0 Å². The first kappa shape index (κ1) is 12.9. The number of sulfone groups is 1. The van der Waals surface area contributed by atoms with Crippen LogP contribution in [0.15, 0.2) is 0 Å². The van der Waals surface area contributed by atoms with Crippen molar-refractivity contribution in [1.82, 2.24) is 5.48 Å². The lowest BCUT2D eigenvalue weighted by Gasteiger charge is -2.07. The zero-order chi connectivity index (χ0) is 10.3. The number of hydrogen-bond donors (Lipinski definition) is 1. The Morgan fingerprint density at radius 1 is 1.38 bits per heavy atom. The Labute approximate surface area is 80.5 Å². The van der Waals surface area contributed by atoms with E-state index in [9.17, 15) is 8.42 Å². The van der Waals surface area contributed by atoms with Crippen LogP contribution in [0.3, 0.4) is 0 Å². The largest absolute Gasteiger partial charge is 0.302 e. The highest BCUT2D eigenvalue weighted by Gasteiger charge is 2.05. The van der Waals surface area contributed by atoms with Gasteiger partial charge in [0.2, 0.25) is 0 Å². The average Bonchev–Trinajstić information content (AvgIpc) is 2.03. The van der Waals surface area contributed by atoms with Gasteiger partial charge in [0.15, 0.2) is 9.84 Å². The van der Waals surface area contributed by atoms with E-state index in [-0.39, 0.29) is 11.5 Å². The standard InChI is InChI=1S/C8H19NO3S/c1-4-13(10,11)6-5-9-12-7-8(2)3/h8-9H,4-7H2,1-3H3. The highest BCUT2D eigenvalue weighted by Crippen LogP contribution is 1.90. The Kier molecular flexibility index (Phi) is 6.28. The molecule has 0 aliphatic carbocycles. The van der Waals surface area contributed by atoms with Crippen LogP contribution in [-0.4, -0.2) is 33.1 Å². The van der Waals surface area contributed by atoms with Crippen LogP contribution in [0.5, 0.6) is 0 Å². The van der Waals surface area contributed by atoms with Crippen molar-refractivity contribution in [3.63, 3.8) is 0 Å². The minimum atomic E-state index is -2.86. The number of nitrogens with one attached hydrogen (secondary N) is 1. The van der Waals surface area contributed by atoms with Gasteiger partial charge >= 0.3 is 0 Å². The summed E-state index contributed by atoms with van der Waals surface area (Å²) in [5.74, 6) is 0.788. The normalized spacial score (nSPS) is 12.3. The Bertz CT molecular complexity index is 211. The molecule has 1 N–H and O–H groups in total. The third-order valence-electron chi connectivity index (χ3n) is 1.47. The molecule has 0 aliphatic rings. The molecule has 5 heteroatoms. The number of hydrogen-bond acceptors (Lipinski definition) is 4. The molecule has 0 aliphatic heterocycles. The van der Waals surface area contributed by atoms with Crippen molar-refractivity contribution in [3.05, 3.63) is 0 Å². The summed E-state index contributed by atoms with van der Waals surface area (Å²) in [6, 6.07) is 0. The fourth-order valence-electron chi connectivity index (χ4n) is 0.639. The van der Waals surface area contributed by atoms with E-state index in [1.807, 2.05) is 13.8 Å². The molecule has 0 amide bonds. The molecule has 0 radical (unpaired) electrons. The van der Waals surface area contributed by atoms with E-state index in [1.165, 1.54) is 0 Å². The van der Waals surface area contributed by atoms with E-state index in [0.717, 1.165) is 0 Å². The average molecular weight is 209 g/mol. The molecule has 13 heavy (non-hydrogen) atoms. The summed E-state index contributed by atoms with van der Waals surface area (Å²) in [5, 5.41) is 0. The van der Waals surface area contributed by atoms with Gasteiger partial charge in [-0.05, 0) is 5.92 Å². The molecular weight excluding hydrogens is 190 g/mol. The molecule has 0 saturated heterocycles. The van der Waals surface area contributed by atoms with Crippen molar-refractivity contribution in [3.8, 4) is 0 Å². The van der Waals surface area contributed by atoms with E-state index >= 15 is 0 Å². The minimum Gasteiger partial charge on any atom is -0.302 e. The van der Waals surface area contributed by atoms with Gasteiger partial charge in [-0.1, -0.05) is 20.8 Å². The molecule has 0 heterocycles. The maximum atomic E-state index is 11.0. The summed E-state index contributed by atoms with van der Waals surface area (Å²) in [6.45, 7) is 6.67. The first-order valence-corrected chi connectivity index (χ1v) is 6.35. The molecule has 80 valence electrons. The van der Waals surface area contributed by atoms with Gasteiger partial charge in [-0.2, -0.15) is 0 Å². The second kappa shape index (κ2) is 6.34. The lowest BCUT2D eigenvalue weighted by molar-refractivity contribution is 0.0274. The summed E-state index contributed by atoms with van der Waals surface area (Å²) in [6.07, 6.45) is 0. The molecule has 0 rings (SSSR count). The van der Waals surface area contributed by atoms with E-state index in [0.29, 0.717) is 19.1 Å². The summed E-state index contributed by atoms with van der Waals surface area (Å²) in [4.78, 5) is 5.02. The van der Waals surface area contributed by atoms with Gasteiger partial charge in [0.1, 0.15) is 0 Å². The second-order valence-corrected chi connectivity index (χ2v) is 5.81. The quantitative estimate of drug-likeness (QED) is 0.493. The topological polar surface area (TPSA) is 55.4 Å². The van der Waals surface area contributed by atoms with Crippen LogP contribution in [-0.2, 0) is 14.7 Å². The van der Waals surface area contributed by atoms with E-state index < -0.39 is 9.84 Å². The van der Waals surface area contributed by atoms with Gasteiger partial charge in [-0.15, -0.1) is 0 Å². The highest BCUT2D eigenvalue weighted by atomic mass is 32.2. The summed E-state index contributed by atoms with van der Waals surface area (Å²) < 4.78 is 22.0. The maximum absolute atomic E-state index is 11.0. The molecule has 0 aromatic heterocycles. The molecular formula is C8H19NO3S. The van der Waals surface area contributed by atoms with Gasteiger partial charge in [-0.25, -0.2) is 13.9 Å². The monoisotopic (exact) mass is 209 g/mol. The zero-order valence-electron chi connectivity index (χ0n) is 8.54. The smallest absolute Gasteiger partial charge is 0.151 e. The van der Waals surface area contributed by atoms with Gasteiger partial charge in [0.25, 0.3) is 0 Å². The van der Waals surface area contributed by atoms with E-state index in [2.05, 4.69) is 5.48 Å². The van der Waals surface area contributed by atoms with Crippen molar-refractivity contribution in [2.45, 2.75) is 20.8 Å². The lowest BCUT2D eigenvalue weighted by Crippen LogP contribution is -2.25. The first-order chi connectivity index (χ1) is 5.98. The van der Waals surface area contributed by atoms with Crippen molar-refractivity contribution >= 4 is 9.84 Å². The Morgan fingerprint density at radius 2 is 2.00 bits per heavy atom. The van der Waals surface area contributed by atoms with Crippen LogP contribution in [0.1, 0.15) is 20.8 Å². The Morgan fingerprint density at radius 3 is 2.46 bits per heavy atom. The van der Waals surface area contributed by atoms with Crippen LogP contribution in [0, 0.1) is 5.92 Å². The van der Waals surface area contributed by atoms with Gasteiger partial charge < -0.3 is 4.84 Å². The van der Waals surface area contributed by atoms with Crippen LogP contribution < -0.4 is 5.48 Å². The summed E-state index contributed by atoms with van der Waals surface area (Å²) >= 11 is 0. The molecule has 0 aromatic rings. The predicted molar refractivity (Wildman–Crippen MR) is 53.1 cm³/mol. The molecule has 0 unspecified atom stereocenters. The van der Waals surface area contributed by atoms with Crippen LogP contribution in [0.25, 0.3) is 0 Å². The van der Waals surface area contributed by atoms with Gasteiger partial charge in [0, 0.05) is 12.3 Å². The van der Waals surface area contributed by atoms with Crippen molar-refractivity contribution in [2.75, 3.05) is 24.7 Å². The molecule has 0 saturated carbocycles. The fourth-order valence-corrected chi connectivity index (χ4v) is 1.32. The highest BCUT2D eigenvalue weighted by molar-refractivity contribution is 7.91. The zero-order valence-corrected chi connectivity index (χ0v) is 9.36. The van der Waals surface area contributed by atoms with E-state index in [1.54, 1.807) is 6.92 Å². The van der Waals surface area contributed by atoms with Crippen LogP contribution in [0.2, 0.25) is 0 Å². The Balaban J connectivity index is 3.37. The third kappa shape index (κ3) is 8.21. The second-order valence-electron chi connectivity index (χ2n) is 3.34. The van der Waals surface area contributed by atoms with Crippen LogP contribution >= 0.6 is 0 Å². The van der Waals surface area contributed by atoms with Crippen molar-refractivity contribution < 1.29 is 13.3 Å². The minimum absolute atomic E-state index is 0.140. The number of rotatable bonds is 7. The summed E-state index contributed by atoms with van der Waals surface area (Å²) in [5.41, 5.74) is 2.63. The van der Waals surface area contributed by atoms with Crippen molar-refractivity contribution in [2.24, 2.45) is 5.92 Å². The maximum Gasteiger partial charge on any atom is 0.151 e. The third-order valence-corrected chi connectivity index (χ3v) is 3.18. The van der Waals surface area contributed by atoms with Gasteiger partial charge in [0.05, 0.1) is 12.4 Å². The lowest BCUT2D eigenvalue weighted by atomic mass is 10.2. The Hall–Kier alpha value is -0.130. The summed E-state index contributed by atoms with van der Waals surface area (Å²) in [7, 11) is -2.86. The fraction of sp³-hybridized carbons (Fsp3) is 1.00. The molecule has 0 fully saturated rings. The van der Waals surface area contributed by atoms with E-state index in [4.69, 9.17) is 4.84 Å². The predicted octanol–water partition coefficient (Wildman–Crippen LogP) is 0.598. The molecule has 4 nitrogen and oxygen atoms in total. The number of hydroxylamine groups is 1.